The van der Waals surface area contributed by atoms with Crippen LogP contribution < -0.4 is 0 Å². The zero-order valence-electron chi connectivity index (χ0n) is 8.72. The Hall–Kier alpha value is -1.44. The fraction of sp³-hybridized carbons (Fsp3) is 0. The van der Waals surface area contributed by atoms with Crippen LogP contribution in [0.25, 0.3) is 0 Å². The highest BCUT2D eigenvalue weighted by molar-refractivity contribution is 9.10. The Morgan fingerprint density at radius 3 is 2.41 bits per heavy atom. The van der Waals surface area contributed by atoms with E-state index in [1.807, 2.05) is 24.3 Å². The van der Waals surface area contributed by atoms with Gasteiger partial charge < -0.3 is 5.11 Å². The maximum Gasteiger partial charge on any atom is 0.130 e. The van der Waals surface area contributed by atoms with Gasteiger partial charge in [0, 0.05) is 9.37 Å². The Morgan fingerprint density at radius 1 is 1.12 bits per heavy atom. The van der Waals surface area contributed by atoms with Crippen molar-refractivity contribution in [1.29, 1.82) is 5.26 Å². The summed E-state index contributed by atoms with van der Waals surface area (Å²) in [5.74, 6) is 0.244. The van der Waals surface area contributed by atoms with Crippen molar-refractivity contribution in [3.05, 3.63) is 52.5 Å². The molecule has 0 aliphatic rings. The Balaban J connectivity index is 2.23. The van der Waals surface area contributed by atoms with Gasteiger partial charge in [0.25, 0.3) is 0 Å². The van der Waals surface area contributed by atoms with E-state index in [0.29, 0.717) is 5.56 Å². The summed E-state index contributed by atoms with van der Waals surface area (Å²) in [6.45, 7) is 0. The zero-order chi connectivity index (χ0) is 12.3. The molecule has 0 fully saturated rings. The third kappa shape index (κ3) is 3.02. The van der Waals surface area contributed by atoms with E-state index in [1.54, 1.807) is 18.2 Å². The van der Waals surface area contributed by atoms with E-state index in [4.69, 9.17) is 5.26 Å². The van der Waals surface area contributed by atoms with Gasteiger partial charge in [-0.15, -0.1) is 0 Å². The first-order valence-corrected chi connectivity index (χ1v) is 6.46. The minimum absolute atomic E-state index is 0.244. The quantitative estimate of drug-likeness (QED) is 0.905. The molecule has 0 aliphatic heterocycles. The minimum Gasteiger partial charge on any atom is -0.507 e. The lowest BCUT2D eigenvalue weighted by molar-refractivity contribution is 0.462. The van der Waals surface area contributed by atoms with Crippen molar-refractivity contribution in [2.24, 2.45) is 0 Å². The predicted molar refractivity (Wildman–Crippen MR) is 71.1 cm³/mol. The van der Waals surface area contributed by atoms with Gasteiger partial charge in [-0.25, -0.2) is 0 Å². The topological polar surface area (TPSA) is 44.0 Å². The van der Waals surface area contributed by atoms with Crippen LogP contribution in [0.1, 0.15) is 5.56 Å². The van der Waals surface area contributed by atoms with E-state index in [1.165, 1.54) is 11.8 Å². The number of rotatable bonds is 2. The summed E-state index contributed by atoms with van der Waals surface area (Å²) in [5, 5.41) is 18.4. The van der Waals surface area contributed by atoms with Gasteiger partial charge in [-0.3, -0.25) is 0 Å². The lowest BCUT2D eigenvalue weighted by atomic mass is 10.2. The molecule has 0 saturated heterocycles. The van der Waals surface area contributed by atoms with Crippen LogP contribution in [0.5, 0.6) is 5.75 Å². The number of aromatic hydroxyl groups is 1. The molecular weight excluding hydrogens is 298 g/mol. The number of nitriles is 1. The van der Waals surface area contributed by atoms with Gasteiger partial charge in [-0.05, 0) is 42.5 Å². The van der Waals surface area contributed by atoms with E-state index in [2.05, 4.69) is 22.0 Å². The summed E-state index contributed by atoms with van der Waals surface area (Å²) in [7, 11) is 0. The number of phenolic OH excluding ortho intramolecular Hbond substituents is 1. The number of hydrogen-bond acceptors (Lipinski definition) is 3. The summed E-state index contributed by atoms with van der Waals surface area (Å²) in [6.07, 6.45) is 0. The summed E-state index contributed by atoms with van der Waals surface area (Å²) in [4.78, 5) is 1.78. The van der Waals surface area contributed by atoms with Gasteiger partial charge in [0.05, 0.1) is 16.5 Å². The number of hydrogen-bond donors (Lipinski definition) is 1. The Kier molecular flexibility index (Phi) is 3.72. The highest BCUT2D eigenvalue weighted by Gasteiger charge is 2.04. The molecule has 0 radical (unpaired) electrons. The molecule has 2 aromatic rings. The van der Waals surface area contributed by atoms with Crippen LogP contribution in [0.3, 0.4) is 0 Å². The highest BCUT2D eigenvalue weighted by Crippen LogP contribution is 2.35. The van der Waals surface area contributed by atoms with Gasteiger partial charge in [0.1, 0.15) is 5.75 Å². The summed E-state index contributed by atoms with van der Waals surface area (Å²) in [6, 6.07) is 14.7. The molecule has 2 nitrogen and oxygen atoms in total. The fourth-order valence-electron chi connectivity index (χ4n) is 1.30. The molecule has 0 saturated carbocycles. The van der Waals surface area contributed by atoms with Gasteiger partial charge in [0.2, 0.25) is 0 Å². The normalized spacial score (nSPS) is 9.88. The predicted octanol–water partition coefficient (Wildman–Crippen LogP) is 4.18. The first kappa shape index (κ1) is 12.0. The van der Waals surface area contributed by atoms with Crippen LogP contribution in [-0.2, 0) is 0 Å². The van der Waals surface area contributed by atoms with Crippen LogP contribution in [0.2, 0.25) is 0 Å². The third-order valence-corrected chi connectivity index (χ3v) is 3.70. The average Bonchev–Trinajstić information content (AvgIpc) is 2.34. The lowest BCUT2D eigenvalue weighted by Crippen LogP contribution is -1.77. The molecular formula is C13H8BrNOS. The molecule has 84 valence electrons. The average molecular weight is 306 g/mol. The standard InChI is InChI=1S/C13H8BrNOS/c14-10-3-6-13(12(16)7-10)17-11-4-1-9(8-15)2-5-11/h1-7,16H. The van der Waals surface area contributed by atoms with Gasteiger partial charge in [0.15, 0.2) is 0 Å². The van der Waals surface area contributed by atoms with Crippen molar-refractivity contribution < 1.29 is 5.11 Å². The van der Waals surface area contributed by atoms with Crippen LogP contribution in [0, 0.1) is 11.3 Å². The molecule has 2 rings (SSSR count). The molecule has 2 aromatic carbocycles. The van der Waals surface area contributed by atoms with E-state index < -0.39 is 0 Å². The zero-order valence-corrected chi connectivity index (χ0v) is 11.1. The maximum absolute atomic E-state index is 9.75. The molecule has 0 bridgehead atoms. The second-order valence-electron chi connectivity index (χ2n) is 3.35. The van der Waals surface area contributed by atoms with Crippen LogP contribution in [0.15, 0.2) is 56.7 Å². The molecule has 0 aliphatic carbocycles. The van der Waals surface area contributed by atoms with E-state index in [9.17, 15) is 5.11 Å². The smallest absolute Gasteiger partial charge is 0.130 e. The lowest BCUT2D eigenvalue weighted by Gasteiger charge is -2.04. The largest absolute Gasteiger partial charge is 0.507 e. The van der Waals surface area contributed by atoms with Crippen molar-refractivity contribution in [2.45, 2.75) is 9.79 Å². The Labute approximate surface area is 112 Å². The first-order valence-electron chi connectivity index (χ1n) is 4.85. The second kappa shape index (κ2) is 5.26. The molecule has 1 N–H and O–H groups in total. The molecule has 0 unspecified atom stereocenters. The fourth-order valence-corrected chi connectivity index (χ4v) is 2.48. The van der Waals surface area contributed by atoms with Gasteiger partial charge in [-0.2, -0.15) is 5.26 Å². The maximum atomic E-state index is 9.75. The van der Waals surface area contributed by atoms with Gasteiger partial charge in [-0.1, -0.05) is 27.7 Å². The number of benzene rings is 2. The van der Waals surface area contributed by atoms with Crippen molar-refractivity contribution in [2.75, 3.05) is 0 Å². The van der Waals surface area contributed by atoms with Gasteiger partial charge >= 0.3 is 0 Å². The summed E-state index contributed by atoms with van der Waals surface area (Å²) >= 11 is 4.76. The van der Waals surface area contributed by atoms with Crippen molar-refractivity contribution in [3.8, 4) is 11.8 Å². The number of halogens is 1. The number of nitrogens with zero attached hydrogens (tertiary/aromatic N) is 1. The van der Waals surface area contributed by atoms with Crippen molar-refractivity contribution >= 4 is 27.7 Å². The van der Waals surface area contributed by atoms with Crippen molar-refractivity contribution in [3.63, 3.8) is 0 Å². The molecule has 17 heavy (non-hydrogen) atoms. The van der Waals surface area contributed by atoms with E-state index >= 15 is 0 Å². The third-order valence-electron chi connectivity index (χ3n) is 2.13. The van der Waals surface area contributed by atoms with E-state index in [0.717, 1.165) is 14.3 Å². The molecule has 0 spiro atoms. The molecule has 0 aromatic heterocycles. The second-order valence-corrected chi connectivity index (χ2v) is 5.38. The van der Waals surface area contributed by atoms with E-state index in [-0.39, 0.29) is 5.75 Å². The molecule has 4 heteroatoms. The summed E-state index contributed by atoms with van der Waals surface area (Å²) in [5.41, 5.74) is 0.634. The molecule has 0 atom stereocenters. The SMILES string of the molecule is N#Cc1ccc(Sc2ccc(Br)cc2O)cc1. The van der Waals surface area contributed by atoms with Crippen LogP contribution in [-0.4, -0.2) is 5.11 Å². The monoisotopic (exact) mass is 305 g/mol. The molecule has 0 amide bonds. The Bertz CT molecular complexity index is 575. The highest BCUT2D eigenvalue weighted by atomic mass is 79.9. The number of phenols is 1. The summed E-state index contributed by atoms with van der Waals surface area (Å²) < 4.78 is 0.846. The molecule has 0 heterocycles. The first-order chi connectivity index (χ1) is 8.19. The van der Waals surface area contributed by atoms with Crippen LogP contribution >= 0.6 is 27.7 Å². The minimum atomic E-state index is 0.244. The Morgan fingerprint density at radius 2 is 1.82 bits per heavy atom. The van der Waals surface area contributed by atoms with Crippen molar-refractivity contribution in [1.82, 2.24) is 0 Å². The van der Waals surface area contributed by atoms with Crippen LogP contribution in [0.4, 0.5) is 0 Å².